The van der Waals surface area contributed by atoms with E-state index in [2.05, 4.69) is 25.7 Å². The summed E-state index contributed by atoms with van der Waals surface area (Å²) in [4.78, 5) is 3.63. The number of rotatable bonds is 2. The third kappa shape index (κ3) is 3.75. The van der Waals surface area contributed by atoms with Crippen molar-refractivity contribution >= 4 is 15.9 Å². The Hall–Kier alpha value is -1.29. The van der Waals surface area contributed by atoms with Gasteiger partial charge < -0.3 is 4.74 Å². The summed E-state index contributed by atoms with van der Waals surface area (Å²) < 4.78 is 40.3. The molecule has 0 aliphatic rings. The molecule has 0 aromatic carbocycles. The largest absolute Gasteiger partial charge is 0.483 e. The van der Waals surface area contributed by atoms with Gasteiger partial charge in [-0.05, 0) is 15.9 Å². The van der Waals surface area contributed by atoms with Gasteiger partial charge in [0.2, 0.25) is 0 Å². The Kier molecular flexibility index (Phi) is 3.52. The van der Waals surface area contributed by atoms with Crippen molar-refractivity contribution in [1.82, 2.24) is 4.98 Å². The Morgan fingerprint density at radius 3 is 2.73 bits per heavy atom. The van der Waals surface area contributed by atoms with Crippen molar-refractivity contribution in [2.24, 2.45) is 0 Å². The van der Waals surface area contributed by atoms with Crippen LogP contribution in [-0.2, 0) is 0 Å². The number of pyridine rings is 1. The van der Waals surface area contributed by atoms with E-state index in [1.165, 1.54) is 6.20 Å². The molecule has 3 nitrogen and oxygen atoms in total. The molecule has 0 N–H and O–H groups in total. The minimum absolute atomic E-state index is 0.00428. The molecule has 0 atom stereocenters. The molecule has 0 saturated carbocycles. The van der Waals surface area contributed by atoms with Crippen molar-refractivity contribution in [3.8, 4) is 11.8 Å². The highest BCUT2D eigenvalue weighted by molar-refractivity contribution is 9.10. The van der Waals surface area contributed by atoms with E-state index in [0.717, 1.165) is 6.07 Å². The molecule has 7 heteroatoms. The summed E-state index contributed by atoms with van der Waals surface area (Å²) in [5.74, 6) is -0.0566. The highest BCUT2D eigenvalue weighted by Gasteiger charge is 2.28. The van der Waals surface area contributed by atoms with E-state index in [4.69, 9.17) is 5.26 Å². The summed E-state index contributed by atoms with van der Waals surface area (Å²) in [6, 6.07) is 2.83. The molecule has 1 heterocycles. The fourth-order valence-electron chi connectivity index (χ4n) is 0.752. The van der Waals surface area contributed by atoms with Crippen LogP contribution in [0.25, 0.3) is 0 Å². The van der Waals surface area contributed by atoms with Crippen molar-refractivity contribution in [1.29, 1.82) is 5.26 Å². The van der Waals surface area contributed by atoms with E-state index < -0.39 is 12.8 Å². The smallest absolute Gasteiger partial charge is 0.422 e. The Labute approximate surface area is 91.6 Å². The molecule has 0 fully saturated rings. The van der Waals surface area contributed by atoms with Gasteiger partial charge in [0, 0.05) is 12.3 Å². The third-order valence-corrected chi connectivity index (χ3v) is 1.92. The number of hydrogen-bond donors (Lipinski definition) is 0. The highest BCUT2D eigenvalue weighted by Crippen LogP contribution is 2.26. The zero-order valence-corrected chi connectivity index (χ0v) is 8.76. The summed E-state index contributed by atoms with van der Waals surface area (Å²) in [5.41, 5.74) is -0.00428. The maximum Gasteiger partial charge on any atom is 0.422 e. The van der Waals surface area contributed by atoms with Crippen molar-refractivity contribution in [2.75, 3.05) is 6.61 Å². The summed E-state index contributed by atoms with van der Waals surface area (Å²) in [5, 5.41) is 8.48. The number of alkyl halides is 3. The Morgan fingerprint density at radius 1 is 1.53 bits per heavy atom. The number of halogens is 4. The lowest BCUT2D eigenvalue weighted by Crippen LogP contribution is -2.19. The van der Waals surface area contributed by atoms with Crippen LogP contribution in [0.4, 0.5) is 13.2 Å². The molecule has 0 spiro atoms. The topological polar surface area (TPSA) is 45.9 Å². The third-order valence-electron chi connectivity index (χ3n) is 1.33. The van der Waals surface area contributed by atoms with Crippen molar-refractivity contribution in [2.45, 2.75) is 6.18 Å². The van der Waals surface area contributed by atoms with E-state index >= 15 is 0 Å². The SMILES string of the molecule is N#Cc1cc(OCC(F)(F)F)c(Br)cn1. The zero-order valence-electron chi connectivity index (χ0n) is 7.18. The summed E-state index contributed by atoms with van der Waals surface area (Å²) in [6.07, 6.45) is -3.19. The minimum Gasteiger partial charge on any atom is -0.483 e. The number of ether oxygens (including phenoxy) is 1. The first-order valence-corrected chi connectivity index (χ1v) is 4.47. The molecule has 0 aliphatic carbocycles. The molecule has 0 unspecified atom stereocenters. The van der Waals surface area contributed by atoms with Crippen molar-refractivity contribution < 1.29 is 17.9 Å². The van der Waals surface area contributed by atoms with E-state index in [-0.39, 0.29) is 15.9 Å². The Bertz CT molecular complexity index is 400. The zero-order chi connectivity index (χ0) is 11.5. The predicted molar refractivity (Wildman–Crippen MR) is 48.2 cm³/mol. The van der Waals surface area contributed by atoms with Crippen LogP contribution in [0, 0.1) is 11.3 Å². The van der Waals surface area contributed by atoms with E-state index in [1.807, 2.05) is 0 Å². The van der Waals surface area contributed by atoms with Crippen LogP contribution in [0.15, 0.2) is 16.7 Å². The van der Waals surface area contributed by atoms with Gasteiger partial charge in [-0.15, -0.1) is 0 Å². The van der Waals surface area contributed by atoms with Crippen LogP contribution in [-0.4, -0.2) is 17.8 Å². The lowest BCUT2D eigenvalue weighted by atomic mass is 10.3. The monoisotopic (exact) mass is 280 g/mol. The second-order valence-corrected chi connectivity index (χ2v) is 3.37. The molecule has 15 heavy (non-hydrogen) atoms. The number of nitriles is 1. The number of hydrogen-bond acceptors (Lipinski definition) is 3. The summed E-state index contributed by atoms with van der Waals surface area (Å²) in [7, 11) is 0. The normalized spacial score (nSPS) is 10.9. The van der Waals surface area contributed by atoms with Crippen LogP contribution in [0.3, 0.4) is 0 Å². The predicted octanol–water partition coefficient (Wildman–Crippen LogP) is 2.66. The van der Waals surface area contributed by atoms with E-state index in [0.29, 0.717) is 0 Å². The van der Waals surface area contributed by atoms with E-state index in [9.17, 15) is 13.2 Å². The van der Waals surface area contributed by atoms with Gasteiger partial charge in [-0.2, -0.15) is 18.4 Å². The van der Waals surface area contributed by atoms with Gasteiger partial charge in [0.05, 0.1) is 4.47 Å². The Balaban J connectivity index is 2.81. The lowest BCUT2D eigenvalue weighted by molar-refractivity contribution is -0.153. The number of aromatic nitrogens is 1. The van der Waals surface area contributed by atoms with Crippen LogP contribution < -0.4 is 4.74 Å². The van der Waals surface area contributed by atoms with Crippen molar-refractivity contribution in [3.05, 3.63) is 22.4 Å². The summed E-state index contributed by atoms with van der Waals surface area (Å²) >= 11 is 2.96. The van der Waals surface area contributed by atoms with Gasteiger partial charge in [0.1, 0.15) is 17.5 Å². The maximum atomic E-state index is 11.8. The molecule has 0 radical (unpaired) electrons. The van der Waals surface area contributed by atoms with Gasteiger partial charge in [-0.3, -0.25) is 0 Å². The summed E-state index contributed by atoms with van der Waals surface area (Å²) in [6.45, 7) is -1.40. The Morgan fingerprint density at radius 2 is 2.20 bits per heavy atom. The molecule has 0 bridgehead atoms. The molecule has 0 aliphatic heterocycles. The van der Waals surface area contributed by atoms with Crippen LogP contribution in [0.2, 0.25) is 0 Å². The standard InChI is InChI=1S/C8H4BrF3N2O/c9-6-3-14-5(2-13)1-7(6)15-4-8(10,11)12/h1,3H,4H2. The fraction of sp³-hybridized carbons (Fsp3) is 0.250. The molecule has 1 rings (SSSR count). The maximum absolute atomic E-state index is 11.8. The average Bonchev–Trinajstić information content (AvgIpc) is 2.15. The fourth-order valence-corrected chi connectivity index (χ4v) is 1.08. The average molecular weight is 281 g/mol. The second kappa shape index (κ2) is 4.49. The molecule has 1 aromatic heterocycles. The van der Waals surface area contributed by atoms with Crippen LogP contribution >= 0.6 is 15.9 Å². The molecule has 0 saturated heterocycles. The molecule has 1 aromatic rings. The quantitative estimate of drug-likeness (QED) is 0.837. The first kappa shape index (κ1) is 11.8. The first-order valence-electron chi connectivity index (χ1n) is 3.67. The van der Waals surface area contributed by atoms with Gasteiger partial charge >= 0.3 is 6.18 Å². The van der Waals surface area contributed by atoms with Gasteiger partial charge in [0.25, 0.3) is 0 Å². The molecule has 80 valence electrons. The molecular weight excluding hydrogens is 277 g/mol. The first-order chi connectivity index (χ1) is 6.92. The van der Waals surface area contributed by atoms with Crippen LogP contribution in [0.5, 0.6) is 5.75 Å². The minimum atomic E-state index is -4.41. The van der Waals surface area contributed by atoms with Gasteiger partial charge in [-0.1, -0.05) is 0 Å². The van der Waals surface area contributed by atoms with Gasteiger partial charge in [0.15, 0.2) is 6.61 Å². The lowest BCUT2D eigenvalue weighted by Gasteiger charge is -2.10. The number of nitrogens with zero attached hydrogens (tertiary/aromatic N) is 2. The molecular formula is C8H4BrF3N2O. The van der Waals surface area contributed by atoms with Crippen LogP contribution in [0.1, 0.15) is 5.69 Å². The molecule has 0 amide bonds. The highest BCUT2D eigenvalue weighted by atomic mass is 79.9. The van der Waals surface area contributed by atoms with E-state index in [1.54, 1.807) is 6.07 Å². The van der Waals surface area contributed by atoms with Crippen molar-refractivity contribution in [3.63, 3.8) is 0 Å². The van der Waals surface area contributed by atoms with Gasteiger partial charge in [-0.25, -0.2) is 4.98 Å². The second-order valence-electron chi connectivity index (χ2n) is 2.52.